The van der Waals surface area contributed by atoms with E-state index in [1.165, 1.54) is 0 Å². The number of rotatable bonds is 5. The summed E-state index contributed by atoms with van der Waals surface area (Å²) in [6.45, 7) is 8.70. The SMILES string of the molecule is C[As](C)CC1OC(OCC2COC(C)(C)O2)C2OC(C)(C)OC12. The van der Waals surface area contributed by atoms with Crippen LogP contribution in [0, 0.1) is 0 Å². The average Bonchev–Trinajstić information content (AvgIpc) is 3.00. The number of ether oxygens (including phenoxy) is 6. The Morgan fingerprint density at radius 2 is 1.70 bits per heavy atom. The van der Waals surface area contributed by atoms with Crippen molar-refractivity contribution in [3.8, 4) is 0 Å². The molecule has 0 radical (unpaired) electrons. The van der Waals surface area contributed by atoms with E-state index in [-0.39, 0.29) is 24.4 Å². The fourth-order valence-electron chi connectivity index (χ4n) is 3.33. The van der Waals surface area contributed by atoms with Crippen molar-refractivity contribution < 1.29 is 28.4 Å². The summed E-state index contributed by atoms with van der Waals surface area (Å²) in [7, 11) is 0. The molecule has 3 heterocycles. The van der Waals surface area contributed by atoms with Gasteiger partial charge in [-0.3, -0.25) is 0 Å². The van der Waals surface area contributed by atoms with Crippen LogP contribution < -0.4 is 0 Å². The summed E-state index contributed by atoms with van der Waals surface area (Å²) in [5.74, 6) is -1.11. The normalized spacial score (nSPS) is 41.6. The predicted octanol–water partition coefficient (Wildman–Crippen LogP) is 2.15. The van der Waals surface area contributed by atoms with Crippen LogP contribution in [0.25, 0.3) is 0 Å². The van der Waals surface area contributed by atoms with Crippen molar-refractivity contribution in [1.82, 2.24) is 0 Å². The Morgan fingerprint density at radius 3 is 2.30 bits per heavy atom. The van der Waals surface area contributed by atoms with Crippen molar-refractivity contribution in [2.75, 3.05) is 13.2 Å². The van der Waals surface area contributed by atoms with Gasteiger partial charge in [-0.1, -0.05) is 0 Å². The number of fused-ring (bicyclic) bond motifs is 1. The van der Waals surface area contributed by atoms with Crippen LogP contribution in [0.4, 0.5) is 0 Å². The molecule has 0 bridgehead atoms. The zero-order chi connectivity index (χ0) is 16.8. The van der Waals surface area contributed by atoms with Gasteiger partial charge in [0, 0.05) is 0 Å². The van der Waals surface area contributed by atoms with Gasteiger partial charge in [0.2, 0.25) is 0 Å². The fraction of sp³-hybridized carbons (Fsp3) is 1.00. The van der Waals surface area contributed by atoms with E-state index in [2.05, 4.69) is 11.4 Å². The van der Waals surface area contributed by atoms with Gasteiger partial charge in [0.05, 0.1) is 0 Å². The molecule has 3 aliphatic rings. The summed E-state index contributed by atoms with van der Waals surface area (Å²) in [4.78, 5) is 0. The zero-order valence-electron chi connectivity index (χ0n) is 14.9. The van der Waals surface area contributed by atoms with Gasteiger partial charge >= 0.3 is 143 Å². The Kier molecular flexibility index (Phi) is 5.17. The molecule has 5 atom stereocenters. The molecule has 3 aliphatic heterocycles. The molecule has 0 N–H and O–H groups in total. The van der Waals surface area contributed by atoms with Crippen LogP contribution in [0.1, 0.15) is 27.7 Å². The first kappa shape index (κ1) is 18.1. The molecule has 0 spiro atoms. The van der Waals surface area contributed by atoms with Crippen LogP contribution in [-0.4, -0.2) is 70.1 Å². The second-order valence-corrected chi connectivity index (χ2v) is 13.0. The Balaban J connectivity index is 1.58. The summed E-state index contributed by atoms with van der Waals surface area (Å²) >= 11 is -0.831. The van der Waals surface area contributed by atoms with Crippen LogP contribution in [0.3, 0.4) is 0 Å². The minimum absolute atomic E-state index is 0.0380. The molecule has 0 aromatic heterocycles. The monoisotopic (exact) mass is 392 g/mol. The second kappa shape index (κ2) is 6.56. The molecule has 0 amide bonds. The van der Waals surface area contributed by atoms with Crippen LogP contribution in [-0.2, 0) is 28.4 Å². The average molecular weight is 392 g/mol. The standard InChI is InChI=1S/C16H29AsO6/c1-15(2)19-9-10(21-15)8-18-14-13-12(22-16(3,4)23-13)11(20-14)7-17(5)6/h10-14H,7-9H2,1-6H3. The van der Waals surface area contributed by atoms with Gasteiger partial charge in [-0.25, -0.2) is 0 Å². The maximum absolute atomic E-state index is 6.11. The van der Waals surface area contributed by atoms with E-state index in [0.29, 0.717) is 13.2 Å². The maximum atomic E-state index is 6.11. The van der Waals surface area contributed by atoms with E-state index in [4.69, 9.17) is 28.4 Å². The molecule has 23 heavy (non-hydrogen) atoms. The van der Waals surface area contributed by atoms with E-state index in [1.807, 2.05) is 27.7 Å². The predicted molar refractivity (Wildman–Crippen MR) is 85.6 cm³/mol. The summed E-state index contributed by atoms with van der Waals surface area (Å²) < 4.78 is 35.5. The van der Waals surface area contributed by atoms with E-state index in [9.17, 15) is 0 Å². The molecular weight excluding hydrogens is 363 g/mol. The molecule has 3 saturated heterocycles. The summed E-state index contributed by atoms with van der Waals surface area (Å²) in [6, 6.07) is 0. The van der Waals surface area contributed by atoms with Crippen LogP contribution in [0.2, 0.25) is 16.6 Å². The molecule has 0 aliphatic carbocycles. The molecule has 134 valence electrons. The van der Waals surface area contributed by atoms with Gasteiger partial charge in [-0.05, 0) is 0 Å². The van der Waals surface area contributed by atoms with E-state index in [1.54, 1.807) is 0 Å². The van der Waals surface area contributed by atoms with Gasteiger partial charge in [-0.15, -0.1) is 0 Å². The molecular formula is C16H29AsO6. The number of hydrogen-bond acceptors (Lipinski definition) is 6. The van der Waals surface area contributed by atoms with Crippen molar-refractivity contribution in [3.05, 3.63) is 0 Å². The molecule has 5 unspecified atom stereocenters. The van der Waals surface area contributed by atoms with Crippen LogP contribution in [0.5, 0.6) is 0 Å². The van der Waals surface area contributed by atoms with Crippen molar-refractivity contribution in [2.24, 2.45) is 0 Å². The first-order valence-electron chi connectivity index (χ1n) is 8.24. The Bertz CT molecular complexity index is 427. The van der Waals surface area contributed by atoms with Crippen molar-refractivity contribution in [3.63, 3.8) is 0 Å². The van der Waals surface area contributed by atoms with Crippen LogP contribution in [0.15, 0.2) is 0 Å². The first-order valence-corrected chi connectivity index (χ1v) is 13.3. The number of hydrogen-bond donors (Lipinski definition) is 0. The minimum atomic E-state index is -0.831. The molecule has 7 heteroatoms. The van der Waals surface area contributed by atoms with E-state index >= 15 is 0 Å². The van der Waals surface area contributed by atoms with Gasteiger partial charge < -0.3 is 0 Å². The Morgan fingerprint density at radius 1 is 1.00 bits per heavy atom. The van der Waals surface area contributed by atoms with Crippen molar-refractivity contribution >= 4 is 14.7 Å². The summed E-state index contributed by atoms with van der Waals surface area (Å²) in [5.41, 5.74) is 4.65. The third kappa shape index (κ3) is 4.29. The van der Waals surface area contributed by atoms with Crippen molar-refractivity contribution in [2.45, 2.75) is 86.6 Å². The van der Waals surface area contributed by atoms with Gasteiger partial charge in [-0.2, -0.15) is 0 Å². The molecule has 0 aromatic rings. The zero-order valence-corrected chi connectivity index (χ0v) is 16.8. The van der Waals surface area contributed by atoms with Crippen LogP contribution >= 0.6 is 0 Å². The molecule has 3 fully saturated rings. The second-order valence-electron chi connectivity index (χ2n) is 7.65. The Hall–Kier alpha value is 0.318. The third-order valence-corrected chi connectivity index (χ3v) is 6.45. The fourth-order valence-corrected chi connectivity index (χ4v) is 5.46. The molecule has 0 saturated carbocycles. The van der Waals surface area contributed by atoms with Gasteiger partial charge in [0.1, 0.15) is 0 Å². The summed E-state index contributed by atoms with van der Waals surface area (Å²) in [6.07, 6.45) is -0.600. The van der Waals surface area contributed by atoms with Gasteiger partial charge in [0.15, 0.2) is 0 Å². The van der Waals surface area contributed by atoms with E-state index < -0.39 is 32.5 Å². The van der Waals surface area contributed by atoms with E-state index in [0.717, 1.165) is 5.21 Å². The van der Waals surface area contributed by atoms with Crippen molar-refractivity contribution in [1.29, 1.82) is 0 Å². The molecule has 0 aromatic carbocycles. The third-order valence-electron chi connectivity index (χ3n) is 4.17. The molecule has 3 rings (SSSR count). The Labute approximate surface area is 143 Å². The summed E-state index contributed by atoms with van der Waals surface area (Å²) in [5, 5.41) is 1.07. The first-order chi connectivity index (χ1) is 10.7. The topological polar surface area (TPSA) is 55.4 Å². The molecule has 6 nitrogen and oxygen atoms in total. The quantitative estimate of drug-likeness (QED) is 0.669. The van der Waals surface area contributed by atoms with Gasteiger partial charge in [0.25, 0.3) is 0 Å².